The van der Waals surface area contributed by atoms with E-state index in [2.05, 4.69) is 25.3 Å². The van der Waals surface area contributed by atoms with Crippen molar-refractivity contribution in [3.63, 3.8) is 0 Å². The first-order chi connectivity index (χ1) is 11.6. The summed E-state index contributed by atoms with van der Waals surface area (Å²) in [6.45, 7) is 6.51. The van der Waals surface area contributed by atoms with Gasteiger partial charge in [0.1, 0.15) is 11.6 Å². The van der Waals surface area contributed by atoms with Crippen LogP contribution in [0.3, 0.4) is 0 Å². The number of carbonyl (C=O) groups excluding carboxylic acids is 1. The zero-order valence-electron chi connectivity index (χ0n) is 14.3. The van der Waals surface area contributed by atoms with E-state index in [4.69, 9.17) is 0 Å². The van der Waals surface area contributed by atoms with Crippen LogP contribution in [0.25, 0.3) is 0 Å². The third kappa shape index (κ3) is 4.17. The van der Waals surface area contributed by atoms with Crippen LogP contribution in [0.5, 0.6) is 0 Å². The lowest BCUT2D eigenvalue weighted by atomic mass is 10.2. The van der Waals surface area contributed by atoms with Crippen molar-refractivity contribution in [1.29, 1.82) is 0 Å². The van der Waals surface area contributed by atoms with Gasteiger partial charge < -0.3 is 5.32 Å². The molecule has 1 saturated heterocycles. The van der Waals surface area contributed by atoms with Crippen molar-refractivity contribution in [3.05, 3.63) is 41.7 Å². The molecular weight excluding hydrogens is 304 g/mol. The first kappa shape index (κ1) is 16.6. The van der Waals surface area contributed by atoms with Gasteiger partial charge in [-0.05, 0) is 45.4 Å². The average molecular weight is 328 g/mol. The molecule has 0 spiro atoms. The molecule has 3 heterocycles. The van der Waals surface area contributed by atoms with Gasteiger partial charge in [-0.2, -0.15) is 5.10 Å². The quantitative estimate of drug-likeness (QED) is 0.858. The normalized spacial score (nSPS) is 18.0. The predicted molar refractivity (Wildman–Crippen MR) is 90.2 cm³/mol. The number of amides is 1. The van der Waals surface area contributed by atoms with Crippen LogP contribution >= 0.6 is 0 Å². The molecule has 0 bridgehead atoms. The Bertz CT molecular complexity index is 684. The standard InChI is InChI=1S/C17H24N6O/c1-13-20-14(2)23(21-13)11-16-7-5-9-22(16)12-17(24)19-10-15-6-3-4-8-18-15/h3-4,6,8,16H,5,7,9-12H2,1-2H3,(H,19,24)/t16-/m0/s1. The second kappa shape index (κ2) is 7.53. The summed E-state index contributed by atoms with van der Waals surface area (Å²) in [5, 5.41) is 7.38. The number of nitrogens with zero attached hydrogens (tertiary/aromatic N) is 5. The van der Waals surface area contributed by atoms with E-state index in [1.54, 1.807) is 6.20 Å². The van der Waals surface area contributed by atoms with Gasteiger partial charge in [0.25, 0.3) is 0 Å². The summed E-state index contributed by atoms with van der Waals surface area (Å²) in [6.07, 6.45) is 3.94. The third-order valence-electron chi connectivity index (χ3n) is 4.38. The molecule has 0 aliphatic carbocycles. The van der Waals surface area contributed by atoms with Crippen LogP contribution in [0, 0.1) is 13.8 Å². The Kier molecular flexibility index (Phi) is 5.20. The highest BCUT2D eigenvalue weighted by Gasteiger charge is 2.27. The lowest BCUT2D eigenvalue weighted by Crippen LogP contribution is -2.41. The minimum absolute atomic E-state index is 0.0408. The van der Waals surface area contributed by atoms with Crippen LogP contribution < -0.4 is 5.32 Å². The Morgan fingerprint density at radius 3 is 2.96 bits per heavy atom. The number of aryl methyl sites for hydroxylation is 2. The molecule has 0 radical (unpaired) electrons. The number of rotatable bonds is 6. The van der Waals surface area contributed by atoms with E-state index in [9.17, 15) is 4.79 Å². The van der Waals surface area contributed by atoms with Crippen molar-refractivity contribution in [2.45, 2.75) is 45.8 Å². The number of pyridine rings is 1. The van der Waals surface area contributed by atoms with Gasteiger partial charge in [0.15, 0.2) is 0 Å². The van der Waals surface area contributed by atoms with Crippen LogP contribution in [-0.2, 0) is 17.9 Å². The summed E-state index contributed by atoms with van der Waals surface area (Å²) >= 11 is 0. The largest absolute Gasteiger partial charge is 0.349 e. The molecule has 1 amide bonds. The van der Waals surface area contributed by atoms with Gasteiger partial charge in [0, 0.05) is 12.2 Å². The topological polar surface area (TPSA) is 75.9 Å². The third-order valence-corrected chi connectivity index (χ3v) is 4.38. The molecule has 0 unspecified atom stereocenters. The maximum absolute atomic E-state index is 12.2. The Balaban J connectivity index is 1.52. The van der Waals surface area contributed by atoms with Crippen molar-refractivity contribution in [2.75, 3.05) is 13.1 Å². The van der Waals surface area contributed by atoms with E-state index in [1.807, 2.05) is 36.7 Å². The maximum atomic E-state index is 12.2. The summed E-state index contributed by atoms with van der Waals surface area (Å²) in [5.41, 5.74) is 0.873. The van der Waals surface area contributed by atoms with Crippen LogP contribution in [0.1, 0.15) is 30.2 Å². The van der Waals surface area contributed by atoms with Gasteiger partial charge in [-0.1, -0.05) is 6.07 Å². The fourth-order valence-corrected chi connectivity index (χ4v) is 3.18. The molecule has 0 aromatic carbocycles. The molecule has 1 aliphatic heterocycles. The molecule has 0 saturated carbocycles. The lowest BCUT2D eigenvalue weighted by molar-refractivity contribution is -0.122. The summed E-state index contributed by atoms with van der Waals surface area (Å²) in [6, 6.07) is 6.04. The van der Waals surface area contributed by atoms with Crippen molar-refractivity contribution in [1.82, 2.24) is 30.0 Å². The van der Waals surface area contributed by atoms with Crippen molar-refractivity contribution < 1.29 is 4.79 Å². The molecule has 1 aliphatic rings. The van der Waals surface area contributed by atoms with Gasteiger partial charge in [0.2, 0.25) is 5.91 Å². The number of hydrogen-bond acceptors (Lipinski definition) is 5. The molecule has 7 heteroatoms. The zero-order valence-corrected chi connectivity index (χ0v) is 14.3. The van der Waals surface area contributed by atoms with Crippen molar-refractivity contribution >= 4 is 5.91 Å². The van der Waals surface area contributed by atoms with E-state index in [0.717, 1.165) is 43.3 Å². The second-order valence-electron chi connectivity index (χ2n) is 6.25. The zero-order chi connectivity index (χ0) is 16.9. The van der Waals surface area contributed by atoms with Crippen molar-refractivity contribution in [3.8, 4) is 0 Å². The average Bonchev–Trinajstić information content (AvgIpc) is 3.13. The molecule has 128 valence electrons. The lowest BCUT2D eigenvalue weighted by Gasteiger charge is -2.24. The van der Waals surface area contributed by atoms with Gasteiger partial charge in [-0.25, -0.2) is 9.67 Å². The smallest absolute Gasteiger partial charge is 0.234 e. The van der Waals surface area contributed by atoms with Gasteiger partial charge >= 0.3 is 0 Å². The fourth-order valence-electron chi connectivity index (χ4n) is 3.18. The predicted octanol–water partition coefficient (Wildman–Crippen LogP) is 1.07. The van der Waals surface area contributed by atoms with Crippen molar-refractivity contribution in [2.24, 2.45) is 0 Å². The second-order valence-corrected chi connectivity index (χ2v) is 6.25. The van der Waals surface area contributed by atoms with Crippen LogP contribution in [0.15, 0.2) is 24.4 Å². The van der Waals surface area contributed by atoms with E-state index in [-0.39, 0.29) is 5.91 Å². The van der Waals surface area contributed by atoms with Gasteiger partial charge in [0.05, 0.1) is 25.3 Å². The summed E-state index contributed by atoms with van der Waals surface area (Å²) in [7, 11) is 0. The highest BCUT2D eigenvalue weighted by Crippen LogP contribution is 2.18. The highest BCUT2D eigenvalue weighted by molar-refractivity contribution is 5.78. The highest BCUT2D eigenvalue weighted by atomic mass is 16.2. The maximum Gasteiger partial charge on any atom is 0.234 e. The van der Waals surface area contributed by atoms with E-state index in [0.29, 0.717) is 19.1 Å². The summed E-state index contributed by atoms with van der Waals surface area (Å²) in [5.74, 6) is 1.77. The minimum Gasteiger partial charge on any atom is -0.349 e. The Morgan fingerprint density at radius 1 is 1.38 bits per heavy atom. The van der Waals surface area contributed by atoms with Crippen LogP contribution in [0.4, 0.5) is 0 Å². The Labute approximate surface area is 142 Å². The Morgan fingerprint density at radius 2 is 2.25 bits per heavy atom. The summed E-state index contributed by atoms with van der Waals surface area (Å²) < 4.78 is 1.95. The number of likely N-dealkylation sites (tertiary alicyclic amines) is 1. The molecule has 7 nitrogen and oxygen atoms in total. The molecule has 24 heavy (non-hydrogen) atoms. The molecular formula is C17H24N6O. The Hall–Kier alpha value is -2.28. The molecule has 1 fully saturated rings. The fraction of sp³-hybridized carbons (Fsp3) is 0.529. The van der Waals surface area contributed by atoms with Gasteiger partial charge in [-0.3, -0.25) is 14.7 Å². The van der Waals surface area contributed by atoms with Gasteiger partial charge in [-0.15, -0.1) is 0 Å². The molecule has 1 atom stereocenters. The number of carbonyl (C=O) groups is 1. The van der Waals surface area contributed by atoms with Crippen LogP contribution in [-0.4, -0.2) is 49.7 Å². The first-order valence-electron chi connectivity index (χ1n) is 8.40. The number of nitrogens with one attached hydrogen (secondary N) is 1. The van der Waals surface area contributed by atoms with Crippen LogP contribution in [0.2, 0.25) is 0 Å². The van der Waals surface area contributed by atoms with E-state index in [1.165, 1.54) is 0 Å². The molecule has 1 N–H and O–H groups in total. The molecule has 2 aromatic heterocycles. The van der Waals surface area contributed by atoms with E-state index < -0.39 is 0 Å². The first-order valence-corrected chi connectivity index (χ1v) is 8.40. The molecule has 3 rings (SSSR count). The monoisotopic (exact) mass is 328 g/mol. The molecule has 2 aromatic rings. The van der Waals surface area contributed by atoms with E-state index >= 15 is 0 Å². The number of hydrogen-bond donors (Lipinski definition) is 1. The summed E-state index contributed by atoms with van der Waals surface area (Å²) in [4.78, 5) is 23.0. The SMILES string of the molecule is Cc1nc(C)n(C[C@@H]2CCCN2CC(=O)NCc2ccccn2)n1. The minimum atomic E-state index is 0.0408. The number of aromatic nitrogens is 4.